The molecule has 0 unspecified atom stereocenters. The van der Waals surface area contributed by atoms with Gasteiger partial charge in [0.2, 0.25) is 16.0 Å². The smallest absolute Gasteiger partial charge is 0.419 e. The van der Waals surface area contributed by atoms with Gasteiger partial charge in [0.05, 0.1) is 29.0 Å². The largest absolute Gasteiger partial charge is 0.495 e. The number of ether oxygens (including phenoxy) is 1. The SMILES string of the molecule is COc1cc(C(=O)N2CCCC2)ccc1Nc1ncc(C(F)(F)F)c(CCc2ccccc2S(=O)(=O)N(C)C)n1. The van der Waals surface area contributed by atoms with Crippen LogP contribution in [0, 0.1) is 0 Å². The van der Waals surface area contributed by atoms with Crippen LogP contribution >= 0.6 is 0 Å². The predicted octanol–water partition coefficient (Wildman–Crippen LogP) is 4.52. The van der Waals surface area contributed by atoms with Gasteiger partial charge in [-0.2, -0.15) is 13.2 Å². The minimum atomic E-state index is -4.71. The minimum absolute atomic E-state index is 0.000589. The quantitative estimate of drug-likeness (QED) is 0.399. The average molecular weight is 578 g/mol. The normalized spacial score (nSPS) is 14.0. The molecule has 0 bridgehead atoms. The fourth-order valence-electron chi connectivity index (χ4n) is 4.47. The molecule has 0 spiro atoms. The van der Waals surface area contributed by atoms with Gasteiger partial charge in [-0.15, -0.1) is 0 Å². The van der Waals surface area contributed by atoms with Crippen molar-refractivity contribution in [1.82, 2.24) is 19.2 Å². The Morgan fingerprint density at radius 3 is 2.45 bits per heavy atom. The van der Waals surface area contributed by atoms with Crippen LogP contribution in [0.1, 0.15) is 40.0 Å². The average Bonchev–Trinajstić information content (AvgIpc) is 3.46. The van der Waals surface area contributed by atoms with E-state index in [9.17, 15) is 26.4 Å². The summed E-state index contributed by atoms with van der Waals surface area (Å²) in [5.74, 6) is 0.0824. The van der Waals surface area contributed by atoms with E-state index in [1.165, 1.54) is 27.3 Å². The number of anilines is 2. The highest BCUT2D eigenvalue weighted by Gasteiger charge is 2.35. The molecule has 4 rings (SSSR count). The van der Waals surface area contributed by atoms with Crippen LogP contribution in [-0.4, -0.2) is 67.8 Å². The lowest BCUT2D eigenvalue weighted by Gasteiger charge is -2.18. The third-order valence-electron chi connectivity index (χ3n) is 6.62. The van der Waals surface area contributed by atoms with E-state index in [-0.39, 0.29) is 35.3 Å². The first-order valence-corrected chi connectivity index (χ1v) is 14.0. The molecule has 214 valence electrons. The number of hydrogen-bond donors (Lipinski definition) is 1. The van der Waals surface area contributed by atoms with E-state index in [1.807, 2.05) is 0 Å². The van der Waals surface area contributed by atoms with E-state index in [0.717, 1.165) is 17.1 Å². The molecule has 2 aromatic carbocycles. The molecule has 1 amide bonds. The molecular weight excluding hydrogens is 547 g/mol. The Labute approximate surface area is 231 Å². The number of amides is 1. The summed E-state index contributed by atoms with van der Waals surface area (Å²) in [5.41, 5.74) is -0.123. The maximum atomic E-state index is 13.8. The molecule has 1 saturated heterocycles. The Balaban J connectivity index is 1.61. The monoisotopic (exact) mass is 577 g/mol. The van der Waals surface area contributed by atoms with Crippen LogP contribution in [0.5, 0.6) is 5.75 Å². The standard InChI is InChI=1S/C27H30F3N5O4S/c1-34(2)40(37,38)24-9-5-4-8-18(24)10-12-21-20(27(28,29)30)17-31-26(32-21)33-22-13-11-19(16-23(22)39-3)25(36)35-14-6-7-15-35/h4-5,8-9,11,13,16-17H,6-7,10,12,14-15H2,1-3H3,(H,31,32,33). The van der Waals surface area contributed by atoms with Crippen molar-refractivity contribution in [2.45, 2.75) is 36.8 Å². The summed E-state index contributed by atoms with van der Waals surface area (Å²) in [5, 5.41) is 2.88. The van der Waals surface area contributed by atoms with Crippen LogP contribution in [-0.2, 0) is 29.0 Å². The number of sulfonamides is 1. The summed E-state index contributed by atoms with van der Waals surface area (Å²) in [6.07, 6.45) is -2.30. The van der Waals surface area contributed by atoms with Gasteiger partial charge in [-0.3, -0.25) is 4.79 Å². The van der Waals surface area contributed by atoms with Gasteiger partial charge in [-0.1, -0.05) is 18.2 Å². The number of benzene rings is 2. The molecule has 1 aliphatic rings. The molecule has 0 atom stereocenters. The number of nitrogens with one attached hydrogen (secondary N) is 1. The van der Waals surface area contributed by atoms with Crippen LogP contribution in [0.3, 0.4) is 0 Å². The van der Waals surface area contributed by atoms with Crippen LogP contribution < -0.4 is 10.1 Å². The lowest BCUT2D eigenvalue weighted by Crippen LogP contribution is -2.27. The van der Waals surface area contributed by atoms with Gasteiger partial charge < -0.3 is 15.0 Å². The maximum Gasteiger partial charge on any atom is 0.419 e. The third kappa shape index (κ3) is 6.36. The van der Waals surface area contributed by atoms with Gasteiger partial charge in [0.15, 0.2) is 0 Å². The molecule has 9 nitrogen and oxygen atoms in total. The van der Waals surface area contributed by atoms with Gasteiger partial charge in [0.1, 0.15) is 5.75 Å². The molecule has 0 aliphatic carbocycles. The molecule has 13 heteroatoms. The fraction of sp³-hybridized carbons (Fsp3) is 0.370. The Hall–Kier alpha value is -3.71. The zero-order valence-corrected chi connectivity index (χ0v) is 23.1. The summed E-state index contributed by atoms with van der Waals surface area (Å²) in [6, 6.07) is 10.9. The highest BCUT2D eigenvalue weighted by atomic mass is 32.2. The molecule has 1 aromatic heterocycles. The van der Waals surface area contributed by atoms with Crippen LogP contribution in [0.2, 0.25) is 0 Å². The Morgan fingerprint density at radius 2 is 1.80 bits per heavy atom. The summed E-state index contributed by atoms with van der Waals surface area (Å²) >= 11 is 0. The molecule has 40 heavy (non-hydrogen) atoms. The van der Waals surface area contributed by atoms with Gasteiger partial charge in [0, 0.05) is 38.9 Å². The van der Waals surface area contributed by atoms with Crippen molar-refractivity contribution in [2.24, 2.45) is 0 Å². The van der Waals surface area contributed by atoms with Crippen LogP contribution in [0.15, 0.2) is 53.6 Å². The Kier molecular flexibility index (Phi) is 8.64. The number of nitrogens with zero attached hydrogens (tertiary/aromatic N) is 4. The van der Waals surface area contributed by atoms with Crippen molar-refractivity contribution in [3.63, 3.8) is 0 Å². The third-order valence-corrected chi connectivity index (χ3v) is 8.54. The second-order valence-electron chi connectivity index (χ2n) is 9.49. The summed E-state index contributed by atoms with van der Waals surface area (Å²) < 4.78 is 73.4. The molecule has 1 N–H and O–H groups in total. The lowest BCUT2D eigenvalue weighted by molar-refractivity contribution is -0.138. The summed E-state index contributed by atoms with van der Waals surface area (Å²) in [7, 11) is 0.399. The number of hydrogen-bond acceptors (Lipinski definition) is 7. The highest BCUT2D eigenvalue weighted by Crippen LogP contribution is 2.34. The number of aryl methyl sites for hydroxylation is 2. The lowest BCUT2D eigenvalue weighted by atomic mass is 10.1. The summed E-state index contributed by atoms with van der Waals surface area (Å²) in [4.78, 5) is 22.5. The fourth-order valence-corrected chi connectivity index (χ4v) is 5.61. The zero-order valence-electron chi connectivity index (χ0n) is 22.3. The number of aromatic nitrogens is 2. The predicted molar refractivity (Wildman–Crippen MR) is 143 cm³/mol. The Morgan fingerprint density at radius 1 is 1.10 bits per heavy atom. The van der Waals surface area contributed by atoms with Gasteiger partial charge >= 0.3 is 6.18 Å². The molecule has 1 fully saturated rings. The molecular formula is C27H30F3N5O4S. The van der Waals surface area contributed by atoms with Crippen molar-refractivity contribution in [2.75, 3.05) is 39.6 Å². The van der Waals surface area contributed by atoms with E-state index >= 15 is 0 Å². The number of alkyl halides is 3. The van der Waals surface area contributed by atoms with Crippen LogP contribution in [0.4, 0.5) is 24.8 Å². The first-order valence-electron chi connectivity index (χ1n) is 12.6. The number of methoxy groups -OCH3 is 1. The number of carbonyl (C=O) groups is 1. The number of halogens is 3. The second kappa shape index (κ2) is 11.8. The van der Waals surface area contributed by atoms with Crippen molar-refractivity contribution >= 4 is 27.6 Å². The Bertz CT molecular complexity index is 1490. The van der Waals surface area contributed by atoms with Crippen molar-refractivity contribution < 1.29 is 31.1 Å². The van der Waals surface area contributed by atoms with E-state index in [1.54, 1.807) is 41.3 Å². The number of rotatable bonds is 9. The van der Waals surface area contributed by atoms with Gasteiger partial charge in [-0.25, -0.2) is 22.7 Å². The van der Waals surface area contributed by atoms with E-state index < -0.39 is 21.8 Å². The number of carbonyl (C=O) groups excluding carboxylic acids is 1. The van der Waals surface area contributed by atoms with E-state index in [0.29, 0.717) is 41.9 Å². The van der Waals surface area contributed by atoms with Crippen molar-refractivity contribution in [3.8, 4) is 5.75 Å². The molecule has 0 radical (unpaired) electrons. The first-order chi connectivity index (χ1) is 18.9. The molecule has 2 heterocycles. The van der Waals surface area contributed by atoms with Crippen LogP contribution in [0.25, 0.3) is 0 Å². The highest BCUT2D eigenvalue weighted by molar-refractivity contribution is 7.89. The maximum absolute atomic E-state index is 13.8. The summed E-state index contributed by atoms with van der Waals surface area (Å²) in [6.45, 7) is 1.38. The van der Waals surface area contributed by atoms with Crippen molar-refractivity contribution in [3.05, 3.63) is 71.0 Å². The van der Waals surface area contributed by atoms with Gasteiger partial charge in [0.25, 0.3) is 5.91 Å². The topological polar surface area (TPSA) is 105 Å². The van der Waals surface area contributed by atoms with E-state index in [2.05, 4.69) is 15.3 Å². The van der Waals surface area contributed by atoms with E-state index in [4.69, 9.17) is 4.74 Å². The number of likely N-dealkylation sites (tertiary alicyclic amines) is 1. The molecule has 3 aromatic rings. The second-order valence-corrected chi connectivity index (χ2v) is 11.6. The van der Waals surface area contributed by atoms with Crippen molar-refractivity contribution in [1.29, 1.82) is 0 Å². The first kappa shape index (κ1) is 29.3. The van der Waals surface area contributed by atoms with Gasteiger partial charge in [-0.05, 0) is 55.5 Å². The minimum Gasteiger partial charge on any atom is -0.495 e. The zero-order chi connectivity index (χ0) is 29.1. The molecule has 1 aliphatic heterocycles. The molecule has 0 saturated carbocycles.